The second kappa shape index (κ2) is 7.15. The summed E-state index contributed by atoms with van der Waals surface area (Å²) >= 11 is 0. The van der Waals surface area contributed by atoms with Gasteiger partial charge >= 0.3 is 0 Å². The van der Waals surface area contributed by atoms with E-state index in [-0.39, 0.29) is 12.3 Å². The molecule has 0 saturated heterocycles. The number of nitrogens with one attached hydrogen (secondary N) is 2. The SMILES string of the molecule is COc1ccc(C)cc1NC(=O)C/C(C)=N\NC=O. The lowest BCUT2D eigenvalue weighted by atomic mass is 10.2. The smallest absolute Gasteiger partial charge is 0.230 e. The van der Waals surface area contributed by atoms with Gasteiger partial charge in [0.1, 0.15) is 5.75 Å². The second-order valence-corrected chi connectivity index (χ2v) is 4.02. The van der Waals surface area contributed by atoms with E-state index in [0.29, 0.717) is 23.6 Å². The van der Waals surface area contributed by atoms with Crippen LogP contribution in [-0.2, 0) is 9.59 Å². The molecule has 1 aromatic carbocycles. The van der Waals surface area contributed by atoms with Gasteiger partial charge in [-0.2, -0.15) is 5.10 Å². The zero-order valence-corrected chi connectivity index (χ0v) is 11.2. The van der Waals surface area contributed by atoms with Crippen LogP contribution in [0.5, 0.6) is 5.75 Å². The molecule has 0 unspecified atom stereocenters. The number of anilines is 1. The monoisotopic (exact) mass is 263 g/mol. The molecule has 2 N–H and O–H groups in total. The summed E-state index contributed by atoms with van der Waals surface area (Å²) in [5.74, 6) is 0.373. The number of aryl methyl sites for hydroxylation is 1. The molecule has 0 bridgehead atoms. The number of rotatable bonds is 6. The first kappa shape index (κ1) is 14.7. The lowest BCUT2D eigenvalue weighted by molar-refractivity contribution is -0.115. The molecule has 0 heterocycles. The van der Waals surface area contributed by atoms with E-state index in [1.807, 2.05) is 19.1 Å². The number of hydrogen-bond donors (Lipinski definition) is 2. The van der Waals surface area contributed by atoms with Crippen molar-refractivity contribution < 1.29 is 14.3 Å². The lowest BCUT2D eigenvalue weighted by Crippen LogP contribution is -2.17. The Morgan fingerprint density at radius 1 is 1.47 bits per heavy atom. The van der Waals surface area contributed by atoms with Gasteiger partial charge < -0.3 is 10.1 Å². The molecule has 6 heteroatoms. The molecule has 0 radical (unpaired) electrons. The topological polar surface area (TPSA) is 79.8 Å². The highest BCUT2D eigenvalue weighted by Crippen LogP contribution is 2.25. The van der Waals surface area contributed by atoms with Crippen molar-refractivity contribution in [2.24, 2.45) is 5.10 Å². The standard InChI is InChI=1S/C13H17N3O3/c1-9-4-5-12(19-3)11(6-9)15-13(18)7-10(2)16-14-8-17/h4-6,8H,7H2,1-3H3,(H,14,17)(H,15,18)/b16-10-. The average molecular weight is 263 g/mol. The van der Waals surface area contributed by atoms with Gasteiger partial charge in [0.2, 0.25) is 12.3 Å². The Bertz CT molecular complexity index is 498. The molecule has 0 aliphatic carbocycles. The van der Waals surface area contributed by atoms with Crippen molar-refractivity contribution in [3.63, 3.8) is 0 Å². The number of methoxy groups -OCH3 is 1. The fourth-order valence-corrected chi connectivity index (χ4v) is 1.52. The normalized spacial score (nSPS) is 10.8. The fraction of sp³-hybridized carbons (Fsp3) is 0.308. The molecule has 1 aromatic rings. The van der Waals surface area contributed by atoms with Gasteiger partial charge in [-0.3, -0.25) is 9.59 Å². The van der Waals surface area contributed by atoms with Crippen LogP contribution in [0.25, 0.3) is 0 Å². The zero-order valence-electron chi connectivity index (χ0n) is 11.2. The van der Waals surface area contributed by atoms with Gasteiger partial charge in [-0.15, -0.1) is 0 Å². The molecule has 19 heavy (non-hydrogen) atoms. The van der Waals surface area contributed by atoms with Gasteiger partial charge in [0.05, 0.1) is 19.2 Å². The number of hydrogen-bond acceptors (Lipinski definition) is 4. The van der Waals surface area contributed by atoms with E-state index in [1.165, 1.54) is 0 Å². The number of nitrogens with zero attached hydrogens (tertiary/aromatic N) is 1. The lowest BCUT2D eigenvalue weighted by Gasteiger charge is -2.10. The summed E-state index contributed by atoms with van der Waals surface area (Å²) in [4.78, 5) is 21.9. The van der Waals surface area contributed by atoms with Crippen molar-refractivity contribution >= 4 is 23.7 Å². The highest BCUT2D eigenvalue weighted by Gasteiger charge is 2.09. The molecule has 1 rings (SSSR count). The minimum Gasteiger partial charge on any atom is -0.495 e. The number of hydrazone groups is 1. The maximum absolute atomic E-state index is 11.8. The van der Waals surface area contributed by atoms with E-state index >= 15 is 0 Å². The van der Waals surface area contributed by atoms with Gasteiger partial charge in [0.25, 0.3) is 0 Å². The number of ether oxygens (including phenoxy) is 1. The molecule has 102 valence electrons. The van der Waals surface area contributed by atoms with Crippen LogP contribution < -0.4 is 15.5 Å². The third-order valence-corrected chi connectivity index (χ3v) is 2.35. The largest absolute Gasteiger partial charge is 0.495 e. The van der Waals surface area contributed by atoms with Crippen molar-refractivity contribution in [2.45, 2.75) is 20.3 Å². The predicted octanol–water partition coefficient (Wildman–Crippen LogP) is 1.45. The summed E-state index contributed by atoms with van der Waals surface area (Å²) in [5.41, 5.74) is 4.29. The van der Waals surface area contributed by atoms with Crippen LogP contribution in [0.4, 0.5) is 5.69 Å². The molecular weight excluding hydrogens is 246 g/mol. The van der Waals surface area contributed by atoms with Crippen molar-refractivity contribution in [3.05, 3.63) is 23.8 Å². The Morgan fingerprint density at radius 3 is 2.84 bits per heavy atom. The molecule has 0 fully saturated rings. The summed E-state index contributed by atoms with van der Waals surface area (Å²) < 4.78 is 5.17. The first-order valence-corrected chi connectivity index (χ1v) is 5.73. The number of carbonyl (C=O) groups excluding carboxylic acids is 2. The van der Waals surface area contributed by atoms with Crippen LogP contribution in [0.3, 0.4) is 0 Å². The van der Waals surface area contributed by atoms with E-state index in [4.69, 9.17) is 4.74 Å². The fourth-order valence-electron chi connectivity index (χ4n) is 1.52. The third kappa shape index (κ3) is 4.79. The van der Waals surface area contributed by atoms with Crippen LogP contribution >= 0.6 is 0 Å². The van der Waals surface area contributed by atoms with Crippen molar-refractivity contribution in [3.8, 4) is 5.75 Å². The summed E-state index contributed by atoms with van der Waals surface area (Å²) in [6.45, 7) is 3.58. The molecule has 0 saturated carbocycles. The van der Waals surface area contributed by atoms with Crippen LogP contribution in [0.15, 0.2) is 23.3 Å². The van der Waals surface area contributed by atoms with Crippen LogP contribution in [0.2, 0.25) is 0 Å². The molecule has 0 aliphatic rings. The molecule has 0 atom stereocenters. The van der Waals surface area contributed by atoms with Crippen molar-refractivity contribution in [1.82, 2.24) is 5.43 Å². The van der Waals surface area contributed by atoms with Gasteiger partial charge in [-0.1, -0.05) is 6.07 Å². The first-order valence-electron chi connectivity index (χ1n) is 5.73. The molecule has 2 amide bonds. The highest BCUT2D eigenvalue weighted by atomic mass is 16.5. The summed E-state index contributed by atoms with van der Waals surface area (Å²) in [6.07, 6.45) is 0.545. The number of amides is 2. The number of benzene rings is 1. The zero-order chi connectivity index (χ0) is 14.3. The van der Waals surface area contributed by atoms with Crippen molar-refractivity contribution in [1.29, 1.82) is 0 Å². The first-order chi connectivity index (χ1) is 9.06. The Hall–Kier alpha value is -2.37. The van der Waals surface area contributed by atoms with Crippen LogP contribution in [-0.4, -0.2) is 25.1 Å². The van der Waals surface area contributed by atoms with E-state index in [2.05, 4.69) is 15.8 Å². The second-order valence-electron chi connectivity index (χ2n) is 4.02. The molecule has 0 aromatic heterocycles. The maximum atomic E-state index is 11.8. The Labute approximate surface area is 111 Å². The van der Waals surface area contributed by atoms with Gasteiger partial charge in [-0.25, -0.2) is 5.43 Å². The quantitative estimate of drug-likeness (QED) is 0.463. The van der Waals surface area contributed by atoms with E-state index < -0.39 is 0 Å². The van der Waals surface area contributed by atoms with E-state index in [0.717, 1.165) is 5.56 Å². The summed E-state index contributed by atoms with van der Waals surface area (Å²) in [6, 6.07) is 5.52. The molecule has 6 nitrogen and oxygen atoms in total. The predicted molar refractivity (Wildman–Crippen MR) is 73.3 cm³/mol. The van der Waals surface area contributed by atoms with Gasteiger partial charge in [0.15, 0.2) is 0 Å². The Balaban J connectivity index is 2.71. The van der Waals surface area contributed by atoms with Gasteiger partial charge in [-0.05, 0) is 31.5 Å². The molecular formula is C13H17N3O3. The van der Waals surface area contributed by atoms with Crippen molar-refractivity contribution in [2.75, 3.05) is 12.4 Å². The Kier molecular flexibility index (Phi) is 5.53. The minimum atomic E-state index is -0.224. The van der Waals surface area contributed by atoms with Crippen LogP contribution in [0, 0.1) is 6.92 Å². The van der Waals surface area contributed by atoms with Crippen LogP contribution in [0.1, 0.15) is 18.9 Å². The molecule has 0 spiro atoms. The minimum absolute atomic E-state index is 0.0952. The Morgan fingerprint density at radius 2 is 2.21 bits per heavy atom. The molecule has 0 aliphatic heterocycles. The maximum Gasteiger partial charge on any atom is 0.230 e. The summed E-state index contributed by atoms with van der Waals surface area (Å²) in [5, 5.41) is 6.44. The van der Waals surface area contributed by atoms with E-state index in [1.54, 1.807) is 20.1 Å². The third-order valence-electron chi connectivity index (χ3n) is 2.35. The summed E-state index contributed by atoms with van der Waals surface area (Å²) in [7, 11) is 1.54. The van der Waals surface area contributed by atoms with E-state index in [9.17, 15) is 9.59 Å². The highest BCUT2D eigenvalue weighted by molar-refractivity contribution is 6.06. The average Bonchev–Trinajstić information content (AvgIpc) is 2.36. The number of carbonyl (C=O) groups is 2. The van der Waals surface area contributed by atoms with Gasteiger partial charge in [0, 0.05) is 5.71 Å².